The van der Waals surface area contributed by atoms with Crippen LogP contribution in [0.25, 0.3) is 10.9 Å². The fourth-order valence-corrected chi connectivity index (χ4v) is 2.52. The summed E-state index contributed by atoms with van der Waals surface area (Å²) in [5, 5.41) is -0.244. The van der Waals surface area contributed by atoms with Gasteiger partial charge in [-0.25, -0.2) is 0 Å². The minimum Gasteiger partial charge on any atom is -0.487 e. The summed E-state index contributed by atoms with van der Waals surface area (Å²) in [4.78, 5) is 14.9. The number of fused-ring (bicyclic) bond motifs is 1. The quantitative estimate of drug-likeness (QED) is 0.531. The Balaban J connectivity index is 2.39. The number of carbonyl (C=O) groups is 1. The van der Waals surface area contributed by atoms with Crippen molar-refractivity contribution in [1.82, 2.24) is 4.98 Å². The number of pyridine rings is 1. The molecule has 0 saturated carbocycles. The number of ether oxygens (including phenoxy) is 1. The van der Waals surface area contributed by atoms with E-state index in [4.69, 9.17) is 4.74 Å². The van der Waals surface area contributed by atoms with Crippen molar-refractivity contribution >= 4 is 17.2 Å². The van der Waals surface area contributed by atoms with E-state index in [9.17, 15) is 31.1 Å². The maximum Gasteiger partial charge on any atom is 0.417 e. The summed E-state index contributed by atoms with van der Waals surface area (Å²) in [6.45, 7) is 2.55. The second-order valence-corrected chi connectivity index (χ2v) is 6.30. The molecule has 0 spiro atoms. The molecule has 2 aromatic rings. The van der Waals surface area contributed by atoms with Gasteiger partial charge < -0.3 is 9.53 Å². The Morgan fingerprint density at radius 3 is 2.31 bits per heavy atom. The number of nitrogens with zero attached hydrogens (tertiary/aromatic N) is 1. The predicted molar refractivity (Wildman–Crippen MR) is 81.7 cm³/mol. The maximum atomic E-state index is 13.1. The van der Waals surface area contributed by atoms with E-state index in [-0.39, 0.29) is 22.9 Å². The van der Waals surface area contributed by atoms with Crippen LogP contribution in [-0.2, 0) is 11.0 Å². The van der Waals surface area contributed by atoms with Crippen molar-refractivity contribution in [3.63, 3.8) is 0 Å². The van der Waals surface area contributed by atoms with Gasteiger partial charge in [-0.2, -0.15) is 26.3 Å². The van der Waals surface area contributed by atoms with E-state index < -0.39 is 35.9 Å². The van der Waals surface area contributed by atoms with Gasteiger partial charge in [0.1, 0.15) is 17.6 Å². The average molecular weight is 379 g/mol. The van der Waals surface area contributed by atoms with E-state index in [2.05, 4.69) is 4.98 Å². The summed E-state index contributed by atoms with van der Waals surface area (Å²) in [5.74, 6) is -1.61. The van der Waals surface area contributed by atoms with E-state index in [1.807, 2.05) is 0 Å². The van der Waals surface area contributed by atoms with Gasteiger partial charge in [0, 0.05) is 11.6 Å². The standard InChI is InChI=1S/C17H15F6NO2/c1-15(2,10(9-25)8-16(18,19)20)26-11-3-4-14-12(7-11)13(5-6-24-14)17(21,22)23/h3-7,9-10H,8H2,1-2H3. The van der Waals surface area contributed by atoms with Gasteiger partial charge in [0.25, 0.3) is 0 Å². The summed E-state index contributed by atoms with van der Waals surface area (Å²) in [5.41, 5.74) is -2.45. The first-order valence-electron chi connectivity index (χ1n) is 7.50. The van der Waals surface area contributed by atoms with Crippen LogP contribution in [0.4, 0.5) is 26.3 Å². The molecule has 2 rings (SSSR count). The molecule has 0 amide bonds. The molecule has 0 aliphatic carbocycles. The van der Waals surface area contributed by atoms with Crippen LogP contribution in [0, 0.1) is 5.92 Å². The van der Waals surface area contributed by atoms with Gasteiger partial charge in [0.2, 0.25) is 0 Å². The highest BCUT2D eigenvalue weighted by atomic mass is 19.4. The average Bonchev–Trinajstić information content (AvgIpc) is 2.49. The lowest BCUT2D eigenvalue weighted by Gasteiger charge is -2.32. The Bertz CT molecular complexity index is 798. The summed E-state index contributed by atoms with van der Waals surface area (Å²) >= 11 is 0. The lowest BCUT2D eigenvalue weighted by atomic mass is 9.89. The van der Waals surface area contributed by atoms with Crippen LogP contribution in [0.1, 0.15) is 25.8 Å². The third-order valence-corrected chi connectivity index (χ3v) is 3.91. The van der Waals surface area contributed by atoms with E-state index in [1.54, 1.807) is 0 Å². The summed E-state index contributed by atoms with van der Waals surface area (Å²) in [7, 11) is 0. The van der Waals surface area contributed by atoms with Gasteiger partial charge in [0.15, 0.2) is 0 Å². The zero-order chi connectivity index (χ0) is 19.8. The molecule has 0 bridgehead atoms. The molecule has 0 aliphatic rings. The molecule has 0 N–H and O–H groups in total. The fraction of sp³-hybridized carbons (Fsp3) is 0.412. The molecule has 1 aromatic heterocycles. The first kappa shape index (κ1) is 20.0. The van der Waals surface area contributed by atoms with E-state index in [0.717, 1.165) is 18.3 Å². The lowest BCUT2D eigenvalue weighted by molar-refractivity contribution is -0.161. The molecule has 3 nitrogen and oxygen atoms in total. The summed E-state index contributed by atoms with van der Waals surface area (Å²) in [6.07, 6.45) is -9.45. The summed E-state index contributed by atoms with van der Waals surface area (Å²) in [6, 6.07) is 4.43. The molecular weight excluding hydrogens is 364 g/mol. The van der Waals surface area contributed by atoms with Crippen LogP contribution in [-0.4, -0.2) is 23.0 Å². The highest BCUT2D eigenvalue weighted by molar-refractivity contribution is 5.84. The third-order valence-electron chi connectivity index (χ3n) is 3.91. The zero-order valence-electron chi connectivity index (χ0n) is 13.8. The molecule has 0 fully saturated rings. The van der Waals surface area contributed by atoms with Crippen molar-refractivity contribution in [2.45, 2.75) is 38.2 Å². The van der Waals surface area contributed by atoms with Crippen molar-refractivity contribution in [2.75, 3.05) is 0 Å². The molecule has 142 valence electrons. The molecule has 1 heterocycles. The van der Waals surface area contributed by atoms with Crippen LogP contribution in [0.3, 0.4) is 0 Å². The topological polar surface area (TPSA) is 39.2 Å². The number of aldehydes is 1. The number of hydrogen-bond acceptors (Lipinski definition) is 3. The minimum absolute atomic E-state index is 0.0622. The smallest absolute Gasteiger partial charge is 0.417 e. The van der Waals surface area contributed by atoms with Gasteiger partial charge in [-0.05, 0) is 38.1 Å². The third kappa shape index (κ3) is 4.64. The SMILES string of the molecule is CC(C)(Oc1ccc2nccc(C(F)(F)F)c2c1)C(C=O)CC(F)(F)F. The number of alkyl halides is 6. The second-order valence-electron chi connectivity index (χ2n) is 6.30. The highest BCUT2D eigenvalue weighted by Gasteiger charge is 2.41. The Kier molecular flexibility index (Phi) is 5.21. The molecule has 0 radical (unpaired) electrons. The van der Waals surface area contributed by atoms with Crippen molar-refractivity contribution < 1.29 is 35.9 Å². The number of rotatable bonds is 5. The van der Waals surface area contributed by atoms with E-state index >= 15 is 0 Å². The highest BCUT2D eigenvalue weighted by Crippen LogP contribution is 2.37. The Hall–Kier alpha value is -2.32. The Labute approximate surface area is 145 Å². The van der Waals surface area contributed by atoms with Crippen LogP contribution in [0.5, 0.6) is 5.75 Å². The molecule has 9 heteroatoms. The zero-order valence-corrected chi connectivity index (χ0v) is 13.8. The number of halogens is 6. The Morgan fingerprint density at radius 1 is 1.12 bits per heavy atom. The van der Waals surface area contributed by atoms with E-state index in [1.165, 1.54) is 26.0 Å². The van der Waals surface area contributed by atoms with Crippen molar-refractivity contribution in [3.05, 3.63) is 36.0 Å². The summed E-state index contributed by atoms with van der Waals surface area (Å²) < 4.78 is 82.6. The molecule has 1 atom stereocenters. The van der Waals surface area contributed by atoms with Crippen LogP contribution in [0.15, 0.2) is 30.5 Å². The largest absolute Gasteiger partial charge is 0.487 e. The number of aromatic nitrogens is 1. The van der Waals surface area contributed by atoms with Gasteiger partial charge in [-0.15, -0.1) is 0 Å². The lowest BCUT2D eigenvalue weighted by Crippen LogP contribution is -2.41. The fourth-order valence-electron chi connectivity index (χ4n) is 2.52. The van der Waals surface area contributed by atoms with Gasteiger partial charge in [-0.3, -0.25) is 4.98 Å². The minimum atomic E-state index is -4.63. The molecule has 1 aromatic carbocycles. The van der Waals surface area contributed by atoms with E-state index in [0.29, 0.717) is 0 Å². The normalized spacial score (nSPS) is 14.3. The Morgan fingerprint density at radius 2 is 1.77 bits per heavy atom. The first-order chi connectivity index (χ1) is 11.8. The monoisotopic (exact) mass is 379 g/mol. The molecule has 26 heavy (non-hydrogen) atoms. The molecule has 0 saturated heterocycles. The van der Waals surface area contributed by atoms with Gasteiger partial charge in [-0.1, -0.05) is 0 Å². The number of benzene rings is 1. The van der Waals surface area contributed by atoms with Crippen LogP contribution >= 0.6 is 0 Å². The van der Waals surface area contributed by atoms with Crippen LogP contribution < -0.4 is 4.74 Å². The van der Waals surface area contributed by atoms with Crippen LogP contribution in [0.2, 0.25) is 0 Å². The number of hydrogen-bond donors (Lipinski definition) is 0. The second kappa shape index (κ2) is 6.77. The maximum absolute atomic E-state index is 13.1. The molecular formula is C17H15F6NO2. The number of carbonyl (C=O) groups excluding carboxylic acids is 1. The predicted octanol–water partition coefficient (Wildman–Crippen LogP) is 5.18. The van der Waals surface area contributed by atoms with Gasteiger partial charge in [0.05, 0.1) is 23.4 Å². The molecule has 1 unspecified atom stereocenters. The van der Waals surface area contributed by atoms with Crippen molar-refractivity contribution in [3.8, 4) is 5.75 Å². The van der Waals surface area contributed by atoms with Crippen molar-refractivity contribution in [2.24, 2.45) is 5.92 Å². The first-order valence-corrected chi connectivity index (χ1v) is 7.50. The van der Waals surface area contributed by atoms with Gasteiger partial charge >= 0.3 is 12.4 Å². The molecule has 0 aliphatic heterocycles. The van der Waals surface area contributed by atoms with Crippen molar-refractivity contribution in [1.29, 1.82) is 0 Å².